The second-order valence-electron chi connectivity index (χ2n) is 10.5. The number of nitrogens with zero attached hydrogens (tertiary/aromatic N) is 3. The fourth-order valence-corrected chi connectivity index (χ4v) is 6.11. The zero-order valence-electron chi connectivity index (χ0n) is 22.2. The Balaban J connectivity index is 1.43. The van der Waals surface area contributed by atoms with Crippen LogP contribution < -0.4 is 5.32 Å². The first-order valence-corrected chi connectivity index (χ1v) is 13.6. The number of benzene rings is 2. The molecular weight excluding hydrogens is 460 g/mol. The first-order valence-electron chi connectivity index (χ1n) is 13.6. The van der Waals surface area contributed by atoms with Crippen molar-refractivity contribution in [2.24, 2.45) is 5.92 Å². The van der Waals surface area contributed by atoms with Gasteiger partial charge in [-0.1, -0.05) is 66.3 Å². The molecule has 6 nitrogen and oxygen atoms in total. The first kappa shape index (κ1) is 25.3. The molecular formula is C31H38N4O2. The van der Waals surface area contributed by atoms with Crippen LogP contribution in [0.1, 0.15) is 54.9 Å². The molecule has 0 radical (unpaired) electrons. The van der Waals surface area contributed by atoms with Gasteiger partial charge in [0.2, 0.25) is 5.91 Å². The smallest absolute Gasteiger partial charge is 0.320 e. The van der Waals surface area contributed by atoms with Crippen molar-refractivity contribution in [3.63, 3.8) is 0 Å². The summed E-state index contributed by atoms with van der Waals surface area (Å²) in [5.74, 6) is 0.0611. The Morgan fingerprint density at radius 1 is 0.919 bits per heavy atom. The summed E-state index contributed by atoms with van der Waals surface area (Å²) in [6.45, 7) is 4.96. The zero-order chi connectivity index (χ0) is 25.9. The number of nitrogens with one attached hydrogen (secondary N) is 1. The van der Waals surface area contributed by atoms with E-state index in [1.807, 2.05) is 25.9 Å². The Morgan fingerprint density at radius 2 is 1.51 bits per heavy atom. The molecule has 194 valence electrons. The second kappa shape index (κ2) is 10.9. The Kier molecular flexibility index (Phi) is 7.47. The number of likely N-dealkylation sites (tertiary alicyclic amines) is 2. The lowest BCUT2D eigenvalue weighted by Crippen LogP contribution is -2.59. The lowest BCUT2D eigenvalue weighted by Gasteiger charge is -2.47. The molecule has 2 atom stereocenters. The topological polar surface area (TPSA) is 55.9 Å². The number of carbonyl (C=O) groups excluding carboxylic acids is 2. The van der Waals surface area contributed by atoms with Crippen molar-refractivity contribution in [1.82, 2.24) is 20.0 Å². The van der Waals surface area contributed by atoms with Crippen molar-refractivity contribution in [1.29, 1.82) is 0 Å². The van der Waals surface area contributed by atoms with Crippen LogP contribution in [0.3, 0.4) is 0 Å². The fraction of sp³-hybridized carbons (Fsp3) is 0.419. The summed E-state index contributed by atoms with van der Waals surface area (Å²) in [4.78, 5) is 31.9. The van der Waals surface area contributed by atoms with Gasteiger partial charge >= 0.3 is 6.03 Å². The van der Waals surface area contributed by atoms with Crippen molar-refractivity contribution in [2.75, 3.05) is 40.3 Å². The molecule has 37 heavy (non-hydrogen) atoms. The van der Waals surface area contributed by atoms with Crippen LogP contribution in [0.15, 0.2) is 54.1 Å². The summed E-state index contributed by atoms with van der Waals surface area (Å²) in [5, 5.41) is 3.00. The van der Waals surface area contributed by atoms with E-state index in [-0.39, 0.29) is 24.0 Å². The molecule has 6 heteroatoms. The van der Waals surface area contributed by atoms with Crippen molar-refractivity contribution in [2.45, 2.75) is 38.8 Å². The molecule has 2 fully saturated rings. The van der Waals surface area contributed by atoms with Crippen LogP contribution in [0.2, 0.25) is 0 Å². The highest BCUT2D eigenvalue weighted by Gasteiger charge is 2.39. The van der Waals surface area contributed by atoms with Gasteiger partial charge in [-0.25, -0.2) is 4.79 Å². The van der Waals surface area contributed by atoms with Gasteiger partial charge in [-0.2, -0.15) is 0 Å². The van der Waals surface area contributed by atoms with Crippen molar-refractivity contribution in [3.05, 3.63) is 76.4 Å². The summed E-state index contributed by atoms with van der Waals surface area (Å²) in [6.07, 6.45) is 7.70. The summed E-state index contributed by atoms with van der Waals surface area (Å²) in [7, 11) is 3.62. The average molecular weight is 499 g/mol. The van der Waals surface area contributed by atoms with E-state index in [1.165, 1.54) is 33.4 Å². The maximum absolute atomic E-state index is 13.1. The standard InChI is InChI=1S/C31H38N4O2/c1-4-32-30(36)25-17-20-35(31(37)33(2)3)28(21-25)34-18-15-24(16-19-34)29-26-11-7-5-9-22(26)13-14-23-10-6-8-12-27(23)29/h5-14,25,28H,4,15-21H2,1-3H3,(H,32,36). The van der Waals surface area contributed by atoms with E-state index in [1.54, 1.807) is 4.90 Å². The van der Waals surface area contributed by atoms with Gasteiger partial charge < -0.3 is 15.1 Å². The van der Waals surface area contributed by atoms with E-state index in [0.29, 0.717) is 25.9 Å². The lowest BCUT2D eigenvalue weighted by atomic mass is 9.85. The molecule has 0 bridgehead atoms. The van der Waals surface area contributed by atoms with Gasteiger partial charge in [0.25, 0.3) is 0 Å². The minimum Gasteiger partial charge on any atom is -0.356 e. The molecule has 0 spiro atoms. The lowest BCUT2D eigenvalue weighted by molar-refractivity contribution is -0.128. The highest BCUT2D eigenvalue weighted by molar-refractivity contribution is 5.95. The van der Waals surface area contributed by atoms with Gasteiger partial charge in [-0.3, -0.25) is 9.69 Å². The third kappa shape index (κ3) is 5.08. The number of piperidine rings is 2. The molecule has 5 rings (SSSR count). The molecule has 2 aliphatic heterocycles. The monoisotopic (exact) mass is 498 g/mol. The van der Waals surface area contributed by atoms with Crippen LogP contribution in [-0.4, -0.2) is 73.1 Å². The molecule has 0 saturated carbocycles. The quantitative estimate of drug-likeness (QED) is 0.558. The van der Waals surface area contributed by atoms with Crippen LogP contribution >= 0.6 is 0 Å². The summed E-state index contributed by atoms with van der Waals surface area (Å²) in [5.41, 5.74) is 7.94. The molecule has 2 saturated heterocycles. The van der Waals surface area contributed by atoms with Gasteiger partial charge in [0.15, 0.2) is 0 Å². The van der Waals surface area contributed by atoms with Crippen LogP contribution in [0.5, 0.6) is 0 Å². The van der Waals surface area contributed by atoms with Crippen molar-refractivity contribution < 1.29 is 9.59 Å². The van der Waals surface area contributed by atoms with E-state index in [9.17, 15) is 9.59 Å². The maximum atomic E-state index is 13.1. The molecule has 1 aliphatic carbocycles. The number of carbonyl (C=O) groups is 2. The van der Waals surface area contributed by atoms with E-state index in [4.69, 9.17) is 0 Å². The minimum absolute atomic E-state index is 0.0289. The Hall–Kier alpha value is -3.38. The van der Waals surface area contributed by atoms with Crippen LogP contribution in [0.25, 0.3) is 17.7 Å². The molecule has 2 unspecified atom stereocenters. The van der Waals surface area contributed by atoms with Crippen LogP contribution in [0, 0.1) is 5.92 Å². The Labute approximate surface area is 220 Å². The number of hydrogen-bond donors (Lipinski definition) is 1. The largest absolute Gasteiger partial charge is 0.356 e. The number of hydrogen-bond acceptors (Lipinski definition) is 3. The van der Waals surface area contributed by atoms with E-state index < -0.39 is 0 Å². The molecule has 2 heterocycles. The average Bonchev–Trinajstić information content (AvgIpc) is 3.09. The predicted molar refractivity (Wildman–Crippen MR) is 150 cm³/mol. The van der Waals surface area contributed by atoms with Gasteiger partial charge in [-0.15, -0.1) is 0 Å². The molecule has 3 aliphatic rings. The summed E-state index contributed by atoms with van der Waals surface area (Å²) < 4.78 is 0. The third-order valence-electron chi connectivity index (χ3n) is 8.00. The Bertz CT molecular complexity index is 1170. The van der Waals surface area contributed by atoms with Crippen molar-refractivity contribution >= 4 is 29.7 Å². The molecule has 3 amide bonds. The van der Waals surface area contributed by atoms with E-state index in [2.05, 4.69) is 70.9 Å². The zero-order valence-corrected chi connectivity index (χ0v) is 22.2. The van der Waals surface area contributed by atoms with Gasteiger partial charge in [-0.05, 0) is 60.4 Å². The number of urea groups is 1. The van der Waals surface area contributed by atoms with Crippen molar-refractivity contribution in [3.8, 4) is 0 Å². The number of fused-ring (bicyclic) bond motifs is 2. The van der Waals surface area contributed by atoms with Crippen LogP contribution in [-0.2, 0) is 4.79 Å². The van der Waals surface area contributed by atoms with Gasteiger partial charge in [0.1, 0.15) is 0 Å². The second-order valence-corrected chi connectivity index (χ2v) is 10.5. The highest BCUT2D eigenvalue weighted by atomic mass is 16.2. The number of rotatable bonds is 3. The Morgan fingerprint density at radius 3 is 2.08 bits per heavy atom. The summed E-state index contributed by atoms with van der Waals surface area (Å²) >= 11 is 0. The normalized spacial score (nSPS) is 21.6. The number of amides is 3. The maximum Gasteiger partial charge on any atom is 0.320 e. The highest BCUT2D eigenvalue weighted by Crippen LogP contribution is 2.39. The van der Waals surface area contributed by atoms with Gasteiger partial charge in [0.05, 0.1) is 6.17 Å². The first-order chi connectivity index (χ1) is 18.0. The molecule has 0 aromatic heterocycles. The molecule has 1 N–H and O–H groups in total. The predicted octanol–water partition coefficient (Wildman–Crippen LogP) is 4.92. The molecule has 2 aromatic rings. The SMILES string of the molecule is CCNC(=O)C1CCN(C(=O)N(C)C)C(N2CCC(=C3c4ccccc4C=Cc4ccccc43)CC2)C1. The van der Waals surface area contributed by atoms with E-state index >= 15 is 0 Å². The summed E-state index contributed by atoms with van der Waals surface area (Å²) in [6, 6.07) is 17.4. The van der Waals surface area contributed by atoms with Gasteiger partial charge in [0, 0.05) is 46.2 Å². The fourth-order valence-electron chi connectivity index (χ4n) is 6.11. The van der Waals surface area contributed by atoms with E-state index in [0.717, 1.165) is 25.9 Å². The minimum atomic E-state index is -0.0572. The van der Waals surface area contributed by atoms with Crippen LogP contribution in [0.4, 0.5) is 4.79 Å². The molecule has 2 aromatic carbocycles. The third-order valence-corrected chi connectivity index (χ3v) is 8.00.